The van der Waals surface area contributed by atoms with E-state index in [1.54, 1.807) is 0 Å². The van der Waals surface area contributed by atoms with E-state index in [0.717, 1.165) is 6.42 Å². The molecule has 17 heavy (non-hydrogen) atoms. The molecule has 1 fully saturated rings. The first kappa shape index (κ1) is 13.4. The van der Waals surface area contributed by atoms with Crippen molar-refractivity contribution in [2.75, 3.05) is 6.61 Å². The third-order valence-electron chi connectivity index (χ3n) is 2.48. The highest BCUT2D eigenvalue weighted by molar-refractivity contribution is 5.86. The molecular weight excluding hydrogens is 230 g/mol. The van der Waals surface area contributed by atoms with Crippen LogP contribution in [0.1, 0.15) is 25.7 Å². The third kappa shape index (κ3) is 4.39. The number of carboxylic acid groups (broad SMARTS) is 2. The van der Waals surface area contributed by atoms with E-state index in [2.05, 4.69) is 5.32 Å². The summed E-state index contributed by atoms with van der Waals surface area (Å²) >= 11 is 0. The highest BCUT2D eigenvalue weighted by Gasteiger charge is 2.28. The van der Waals surface area contributed by atoms with Gasteiger partial charge in [-0.2, -0.15) is 0 Å². The number of rotatable bonds is 6. The Morgan fingerprint density at radius 3 is 2.53 bits per heavy atom. The van der Waals surface area contributed by atoms with Crippen LogP contribution in [-0.2, 0) is 19.1 Å². The number of carbonyl (C=O) groups is 3. The van der Waals surface area contributed by atoms with Gasteiger partial charge in [0.1, 0.15) is 12.1 Å². The number of carboxylic acids is 2. The maximum Gasteiger partial charge on any atom is 0.326 e. The molecule has 0 aliphatic carbocycles. The number of carbonyl (C=O) groups excluding carboxylic acids is 1. The van der Waals surface area contributed by atoms with Crippen molar-refractivity contribution in [1.29, 1.82) is 0 Å². The van der Waals surface area contributed by atoms with Crippen LogP contribution in [0.2, 0.25) is 0 Å². The lowest BCUT2D eigenvalue weighted by molar-refractivity contribution is -0.144. The number of hydrogen-bond donors (Lipinski definition) is 3. The number of hydrogen-bond acceptors (Lipinski definition) is 4. The summed E-state index contributed by atoms with van der Waals surface area (Å²) in [6.07, 6.45) is 0.287. The van der Waals surface area contributed by atoms with Crippen molar-refractivity contribution in [2.45, 2.75) is 37.8 Å². The number of aliphatic carboxylic acids is 2. The van der Waals surface area contributed by atoms with E-state index in [-0.39, 0.29) is 12.8 Å². The molecule has 1 heterocycles. The van der Waals surface area contributed by atoms with Crippen molar-refractivity contribution < 1.29 is 29.3 Å². The van der Waals surface area contributed by atoms with Crippen LogP contribution >= 0.6 is 0 Å². The predicted octanol–water partition coefficient (Wildman–Crippen LogP) is -0.400. The molecule has 2 atom stereocenters. The van der Waals surface area contributed by atoms with Crippen molar-refractivity contribution in [3.05, 3.63) is 0 Å². The van der Waals surface area contributed by atoms with Crippen molar-refractivity contribution >= 4 is 17.8 Å². The standard InChI is InChI=1S/C10H15NO6/c12-8(13)4-3-6(10(15)16)11-9(14)7-2-1-5-17-7/h6-7H,1-5H2,(H,11,14)(H,12,13)(H,15,16). The van der Waals surface area contributed by atoms with Crippen molar-refractivity contribution in [2.24, 2.45) is 0 Å². The number of ether oxygens (including phenoxy) is 1. The van der Waals surface area contributed by atoms with E-state index in [9.17, 15) is 14.4 Å². The van der Waals surface area contributed by atoms with E-state index >= 15 is 0 Å². The van der Waals surface area contributed by atoms with Crippen LogP contribution in [0.15, 0.2) is 0 Å². The molecule has 2 unspecified atom stereocenters. The van der Waals surface area contributed by atoms with Crippen molar-refractivity contribution in [3.8, 4) is 0 Å². The molecule has 1 aliphatic rings. The minimum Gasteiger partial charge on any atom is -0.481 e. The molecule has 0 saturated carbocycles. The van der Waals surface area contributed by atoms with Crippen molar-refractivity contribution in [1.82, 2.24) is 5.32 Å². The van der Waals surface area contributed by atoms with Crippen LogP contribution < -0.4 is 5.32 Å². The maximum absolute atomic E-state index is 11.6. The van der Waals surface area contributed by atoms with Gasteiger partial charge < -0.3 is 20.3 Å². The van der Waals surface area contributed by atoms with Crippen LogP contribution in [0.5, 0.6) is 0 Å². The second-order valence-electron chi connectivity index (χ2n) is 3.83. The second-order valence-corrected chi connectivity index (χ2v) is 3.83. The van der Waals surface area contributed by atoms with Gasteiger partial charge in [-0.3, -0.25) is 9.59 Å². The van der Waals surface area contributed by atoms with Crippen LogP contribution in [0.3, 0.4) is 0 Å². The minimum absolute atomic E-state index is 0.136. The highest BCUT2D eigenvalue weighted by atomic mass is 16.5. The van der Waals surface area contributed by atoms with Gasteiger partial charge in [-0.05, 0) is 19.3 Å². The van der Waals surface area contributed by atoms with Gasteiger partial charge in [-0.1, -0.05) is 0 Å². The molecule has 0 aromatic rings. The number of nitrogens with one attached hydrogen (secondary N) is 1. The normalized spacial score (nSPS) is 20.8. The SMILES string of the molecule is O=C(O)CCC(NC(=O)C1CCCO1)C(=O)O. The lowest BCUT2D eigenvalue weighted by Gasteiger charge is -2.16. The van der Waals surface area contributed by atoms with Crippen LogP contribution in [-0.4, -0.2) is 46.8 Å². The number of amides is 1. The monoisotopic (exact) mass is 245 g/mol. The third-order valence-corrected chi connectivity index (χ3v) is 2.48. The zero-order valence-corrected chi connectivity index (χ0v) is 9.22. The first-order chi connectivity index (χ1) is 8.00. The average molecular weight is 245 g/mol. The summed E-state index contributed by atoms with van der Waals surface area (Å²) in [6, 6.07) is -1.18. The molecule has 1 rings (SSSR count). The van der Waals surface area contributed by atoms with Gasteiger partial charge >= 0.3 is 11.9 Å². The summed E-state index contributed by atoms with van der Waals surface area (Å²) in [5.41, 5.74) is 0. The maximum atomic E-state index is 11.6. The first-order valence-electron chi connectivity index (χ1n) is 5.37. The Bertz CT molecular complexity index is 310. The topological polar surface area (TPSA) is 113 Å². The molecule has 1 amide bonds. The molecule has 96 valence electrons. The summed E-state index contributed by atoms with van der Waals surface area (Å²) in [5.74, 6) is -2.82. The molecule has 1 saturated heterocycles. The van der Waals surface area contributed by atoms with Gasteiger partial charge in [0.25, 0.3) is 0 Å². The van der Waals surface area contributed by atoms with Crippen LogP contribution in [0.4, 0.5) is 0 Å². The van der Waals surface area contributed by atoms with Gasteiger partial charge in [-0.15, -0.1) is 0 Å². The van der Waals surface area contributed by atoms with Gasteiger partial charge in [0.15, 0.2) is 0 Å². The molecule has 0 aromatic heterocycles. The highest BCUT2D eigenvalue weighted by Crippen LogP contribution is 2.12. The summed E-state index contributed by atoms with van der Waals surface area (Å²) < 4.78 is 5.10. The first-order valence-corrected chi connectivity index (χ1v) is 5.37. The molecule has 0 aromatic carbocycles. The van der Waals surface area contributed by atoms with E-state index in [4.69, 9.17) is 14.9 Å². The summed E-state index contributed by atoms with van der Waals surface area (Å²) in [4.78, 5) is 32.7. The van der Waals surface area contributed by atoms with Gasteiger partial charge in [0, 0.05) is 13.0 Å². The lowest BCUT2D eigenvalue weighted by Crippen LogP contribution is -2.45. The Hall–Kier alpha value is -1.63. The molecule has 3 N–H and O–H groups in total. The smallest absolute Gasteiger partial charge is 0.326 e. The average Bonchev–Trinajstić information content (AvgIpc) is 2.76. The van der Waals surface area contributed by atoms with Crippen LogP contribution in [0.25, 0.3) is 0 Å². The largest absolute Gasteiger partial charge is 0.481 e. The van der Waals surface area contributed by atoms with Crippen LogP contribution in [0, 0.1) is 0 Å². The van der Waals surface area contributed by atoms with Gasteiger partial charge in [0.05, 0.1) is 0 Å². The van der Waals surface area contributed by atoms with E-state index in [0.29, 0.717) is 13.0 Å². The fraction of sp³-hybridized carbons (Fsp3) is 0.700. The Balaban J connectivity index is 2.44. The van der Waals surface area contributed by atoms with E-state index in [1.807, 2.05) is 0 Å². The summed E-state index contributed by atoms with van der Waals surface area (Å²) in [7, 11) is 0. The predicted molar refractivity (Wildman–Crippen MR) is 55.4 cm³/mol. The molecule has 7 heteroatoms. The lowest BCUT2D eigenvalue weighted by atomic mass is 10.1. The molecule has 7 nitrogen and oxygen atoms in total. The molecule has 0 spiro atoms. The fourth-order valence-electron chi connectivity index (χ4n) is 1.57. The van der Waals surface area contributed by atoms with Crippen molar-refractivity contribution in [3.63, 3.8) is 0 Å². The molecular formula is C10H15NO6. The summed E-state index contributed by atoms with van der Waals surface area (Å²) in [5, 5.41) is 19.6. The van der Waals surface area contributed by atoms with E-state index in [1.165, 1.54) is 0 Å². The Labute approximate surface area is 97.8 Å². The Morgan fingerprint density at radius 1 is 1.35 bits per heavy atom. The fourth-order valence-corrected chi connectivity index (χ4v) is 1.57. The Morgan fingerprint density at radius 2 is 2.06 bits per heavy atom. The zero-order valence-electron chi connectivity index (χ0n) is 9.22. The summed E-state index contributed by atoms with van der Waals surface area (Å²) in [6.45, 7) is 0.491. The molecule has 0 bridgehead atoms. The van der Waals surface area contributed by atoms with Gasteiger partial charge in [-0.25, -0.2) is 4.79 Å². The molecule has 1 aliphatic heterocycles. The second kappa shape index (κ2) is 6.19. The zero-order chi connectivity index (χ0) is 12.8. The Kier molecular flexibility index (Phi) is 4.89. The van der Waals surface area contributed by atoms with Gasteiger partial charge in [0.2, 0.25) is 5.91 Å². The van der Waals surface area contributed by atoms with E-state index < -0.39 is 30.0 Å². The quantitative estimate of drug-likeness (QED) is 0.586. The molecule has 0 radical (unpaired) electrons. The minimum atomic E-state index is -1.24.